The molecule has 0 fully saturated rings. The molecule has 10 heteroatoms. The Hall–Kier alpha value is -3.88. The van der Waals surface area contributed by atoms with E-state index in [1.807, 2.05) is 60.4 Å². The summed E-state index contributed by atoms with van der Waals surface area (Å²) < 4.78 is 6.42. The fourth-order valence-corrected chi connectivity index (χ4v) is 4.87. The van der Waals surface area contributed by atoms with Gasteiger partial charge in [0.05, 0.1) is 17.9 Å². The number of hydrogen-bond donors (Lipinski definition) is 3. The number of nitrogen functional groups attached to an aromatic ring is 1. The average molecular weight is 540 g/mol. The lowest BCUT2D eigenvalue weighted by atomic mass is 9.94. The normalized spacial score (nSPS) is 14.7. The van der Waals surface area contributed by atoms with Crippen molar-refractivity contribution in [1.29, 1.82) is 0 Å². The summed E-state index contributed by atoms with van der Waals surface area (Å²) in [6, 6.07) is 19.1. The summed E-state index contributed by atoms with van der Waals surface area (Å²) in [6.45, 7) is 1.73. The Bertz CT molecular complexity index is 1360. The summed E-state index contributed by atoms with van der Waals surface area (Å²) in [5.41, 5.74) is 15.8. The lowest BCUT2D eigenvalue weighted by Gasteiger charge is -2.41. The van der Waals surface area contributed by atoms with Gasteiger partial charge in [0.1, 0.15) is 18.4 Å². The van der Waals surface area contributed by atoms with Crippen LogP contribution < -0.4 is 21.7 Å². The van der Waals surface area contributed by atoms with Crippen LogP contribution in [0.5, 0.6) is 0 Å². The molecule has 1 heterocycles. The standard InChI is InChI=1S/C27H27Cl2N5O3/c1-16-26(37-15-20-21(28)10-6-11-22(20)29)25(33(2)24(35)14-32-27(31)36)19-9-3-4-12-23(19)34(16)18-8-5-7-17(30)13-18/h3-13,25H,14-15,30H2,1-2H3,(H3,31,32,36). The van der Waals surface area contributed by atoms with E-state index in [1.54, 1.807) is 25.2 Å². The molecule has 0 spiro atoms. The maximum atomic E-state index is 13.1. The Balaban J connectivity index is 1.83. The van der Waals surface area contributed by atoms with E-state index >= 15 is 0 Å². The van der Waals surface area contributed by atoms with Crippen molar-refractivity contribution in [2.45, 2.75) is 19.6 Å². The highest BCUT2D eigenvalue weighted by Gasteiger charge is 2.37. The predicted octanol–water partition coefficient (Wildman–Crippen LogP) is 5.34. The Morgan fingerprint density at radius 2 is 1.73 bits per heavy atom. The molecule has 0 aromatic heterocycles. The smallest absolute Gasteiger partial charge is 0.312 e. The van der Waals surface area contributed by atoms with E-state index in [9.17, 15) is 9.59 Å². The third kappa shape index (κ3) is 5.45. The van der Waals surface area contributed by atoms with Crippen LogP contribution in [-0.2, 0) is 16.1 Å². The van der Waals surface area contributed by atoms with Gasteiger partial charge in [-0.05, 0) is 43.3 Å². The van der Waals surface area contributed by atoms with Gasteiger partial charge in [-0.25, -0.2) is 4.79 Å². The van der Waals surface area contributed by atoms with Crippen LogP contribution >= 0.6 is 23.2 Å². The zero-order valence-electron chi connectivity index (χ0n) is 20.4. The van der Waals surface area contributed by atoms with Crippen molar-refractivity contribution < 1.29 is 14.3 Å². The number of primary amides is 1. The van der Waals surface area contributed by atoms with E-state index in [0.29, 0.717) is 27.1 Å². The minimum atomic E-state index is -0.782. The molecule has 0 radical (unpaired) electrons. The van der Waals surface area contributed by atoms with Crippen LogP contribution in [0.4, 0.5) is 21.9 Å². The van der Waals surface area contributed by atoms with Gasteiger partial charge in [-0.15, -0.1) is 0 Å². The number of para-hydroxylation sites is 1. The topological polar surface area (TPSA) is 114 Å². The monoisotopic (exact) mass is 539 g/mol. The van der Waals surface area contributed by atoms with Crippen LogP contribution in [0.25, 0.3) is 0 Å². The number of ether oxygens (including phenoxy) is 1. The van der Waals surface area contributed by atoms with Gasteiger partial charge < -0.3 is 31.3 Å². The number of nitrogens with one attached hydrogen (secondary N) is 1. The molecule has 4 rings (SSSR count). The summed E-state index contributed by atoms with van der Waals surface area (Å²) in [4.78, 5) is 27.9. The second-order valence-electron chi connectivity index (χ2n) is 8.55. The first kappa shape index (κ1) is 26.2. The first-order valence-electron chi connectivity index (χ1n) is 11.5. The molecule has 3 aromatic carbocycles. The first-order valence-corrected chi connectivity index (χ1v) is 12.2. The number of urea groups is 1. The Morgan fingerprint density at radius 3 is 2.41 bits per heavy atom. The Labute approximate surface area is 225 Å². The highest BCUT2D eigenvalue weighted by molar-refractivity contribution is 6.35. The molecule has 3 amide bonds. The maximum absolute atomic E-state index is 13.1. The van der Waals surface area contributed by atoms with Crippen LogP contribution in [0.3, 0.4) is 0 Å². The van der Waals surface area contributed by atoms with Gasteiger partial charge >= 0.3 is 6.03 Å². The zero-order chi connectivity index (χ0) is 26.7. The summed E-state index contributed by atoms with van der Waals surface area (Å²) in [5.74, 6) is 0.174. The molecule has 5 N–H and O–H groups in total. The number of likely N-dealkylation sites (N-methyl/N-ethyl adjacent to an activating group) is 1. The molecule has 3 aromatic rings. The third-order valence-electron chi connectivity index (χ3n) is 6.17. The second-order valence-corrected chi connectivity index (χ2v) is 9.37. The highest BCUT2D eigenvalue weighted by atomic mass is 35.5. The lowest BCUT2D eigenvalue weighted by Crippen LogP contribution is -2.44. The van der Waals surface area contributed by atoms with Crippen LogP contribution in [0.1, 0.15) is 24.1 Å². The molecular weight excluding hydrogens is 513 g/mol. The van der Waals surface area contributed by atoms with E-state index in [4.69, 9.17) is 39.4 Å². The number of nitrogens with two attached hydrogens (primary N) is 2. The fourth-order valence-electron chi connectivity index (χ4n) is 4.37. The lowest BCUT2D eigenvalue weighted by molar-refractivity contribution is -0.131. The highest BCUT2D eigenvalue weighted by Crippen LogP contribution is 2.47. The van der Waals surface area contributed by atoms with Crippen LogP contribution in [0.2, 0.25) is 10.0 Å². The number of benzene rings is 3. The molecule has 192 valence electrons. The van der Waals surface area contributed by atoms with Gasteiger partial charge in [0.2, 0.25) is 5.91 Å². The number of fused-ring (bicyclic) bond motifs is 1. The minimum Gasteiger partial charge on any atom is -0.489 e. The van der Waals surface area contributed by atoms with Crippen molar-refractivity contribution in [2.24, 2.45) is 5.73 Å². The van der Waals surface area contributed by atoms with Crippen molar-refractivity contribution >= 4 is 52.2 Å². The fraction of sp³-hybridized carbons (Fsp3) is 0.185. The number of rotatable bonds is 7. The quantitative estimate of drug-likeness (QED) is 0.350. The molecule has 0 saturated carbocycles. The molecule has 1 atom stereocenters. The molecule has 37 heavy (non-hydrogen) atoms. The van der Waals surface area contributed by atoms with E-state index < -0.39 is 12.1 Å². The van der Waals surface area contributed by atoms with E-state index in [0.717, 1.165) is 22.6 Å². The zero-order valence-corrected chi connectivity index (χ0v) is 21.9. The van der Waals surface area contributed by atoms with Crippen LogP contribution in [0, 0.1) is 0 Å². The number of nitrogens with zero attached hydrogens (tertiary/aromatic N) is 2. The average Bonchev–Trinajstić information content (AvgIpc) is 2.86. The summed E-state index contributed by atoms with van der Waals surface area (Å²) in [5, 5.41) is 3.31. The predicted molar refractivity (Wildman–Crippen MR) is 146 cm³/mol. The maximum Gasteiger partial charge on any atom is 0.312 e. The van der Waals surface area contributed by atoms with E-state index in [-0.39, 0.29) is 19.1 Å². The number of amides is 3. The summed E-state index contributed by atoms with van der Waals surface area (Å²) in [6.07, 6.45) is 0. The largest absolute Gasteiger partial charge is 0.489 e. The Kier molecular flexibility index (Phi) is 7.80. The number of allylic oxidation sites excluding steroid dienone is 1. The van der Waals surface area contributed by atoms with Crippen molar-refractivity contribution in [1.82, 2.24) is 10.2 Å². The van der Waals surface area contributed by atoms with E-state index in [1.165, 1.54) is 4.90 Å². The number of anilines is 3. The van der Waals surface area contributed by atoms with Gasteiger partial charge in [0, 0.05) is 39.6 Å². The summed E-state index contributed by atoms with van der Waals surface area (Å²) in [7, 11) is 1.65. The van der Waals surface area contributed by atoms with Crippen molar-refractivity contribution in [2.75, 3.05) is 24.2 Å². The molecule has 1 aliphatic heterocycles. The van der Waals surface area contributed by atoms with Gasteiger partial charge in [0.15, 0.2) is 0 Å². The summed E-state index contributed by atoms with van der Waals surface area (Å²) >= 11 is 12.8. The molecule has 1 unspecified atom stereocenters. The first-order chi connectivity index (χ1) is 17.7. The van der Waals surface area contributed by atoms with Crippen LogP contribution in [0.15, 0.2) is 78.2 Å². The van der Waals surface area contributed by atoms with Gasteiger partial charge in [-0.2, -0.15) is 0 Å². The Morgan fingerprint density at radius 1 is 1.05 bits per heavy atom. The molecule has 1 aliphatic rings. The number of carbonyl (C=O) groups excluding carboxylic acids is 2. The van der Waals surface area contributed by atoms with Gasteiger partial charge in [-0.3, -0.25) is 4.79 Å². The second kappa shape index (κ2) is 11.0. The number of carbonyl (C=O) groups is 2. The van der Waals surface area contributed by atoms with Gasteiger partial charge in [-0.1, -0.05) is 53.5 Å². The van der Waals surface area contributed by atoms with Crippen molar-refractivity contribution in [3.8, 4) is 0 Å². The van der Waals surface area contributed by atoms with E-state index in [2.05, 4.69) is 5.32 Å². The molecule has 0 bridgehead atoms. The van der Waals surface area contributed by atoms with Crippen molar-refractivity contribution in [3.63, 3.8) is 0 Å². The third-order valence-corrected chi connectivity index (χ3v) is 6.88. The minimum absolute atomic E-state index is 0.0795. The molecular formula is C27H27Cl2N5O3. The molecule has 0 aliphatic carbocycles. The SMILES string of the molecule is CC1=C(OCc2c(Cl)cccc2Cl)C(N(C)C(=O)CNC(N)=O)c2ccccc2N1c1cccc(N)c1. The number of halogens is 2. The van der Waals surface area contributed by atoms with Crippen LogP contribution in [-0.4, -0.2) is 30.4 Å². The van der Waals surface area contributed by atoms with Gasteiger partial charge in [0.25, 0.3) is 0 Å². The molecule has 8 nitrogen and oxygen atoms in total. The number of hydrogen-bond acceptors (Lipinski definition) is 5. The van der Waals surface area contributed by atoms with Crippen molar-refractivity contribution in [3.05, 3.63) is 99.4 Å². The molecule has 0 saturated heterocycles.